The fraction of sp³-hybridized carbons (Fsp3) is 0.875. The van der Waals surface area contributed by atoms with Crippen molar-refractivity contribution in [2.24, 2.45) is 0 Å². The van der Waals surface area contributed by atoms with E-state index in [0.717, 1.165) is 0 Å². The van der Waals surface area contributed by atoms with Crippen molar-refractivity contribution in [3.05, 3.63) is 0 Å². The molecule has 0 aliphatic heterocycles. The quantitative estimate of drug-likeness (QED) is 0.736. The van der Waals surface area contributed by atoms with E-state index in [-0.39, 0.29) is 0 Å². The minimum atomic E-state index is -3.67. The third kappa shape index (κ3) is 1.85. The monoisotopic (exact) mass is 208 g/mol. The van der Waals surface area contributed by atoms with E-state index in [1.54, 1.807) is 0 Å². The second-order valence-electron chi connectivity index (χ2n) is 4.43. The Bertz CT molecular complexity index is 306. The van der Waals surface area contributed by atoms with Crippen LogP contribution in [0.15, 0.2) is 0 Å². The second kappa shape index (κ2) is 2.97. The van der Waals surface area contributed by atoms with Crippen molar-refractivity contribution < 1.29 is 18.3 Å². The first kappa shape index (κ1) is 12.4. The Morgan fingerprint density at radius 1 is 1.08 bits per heavy atom. The Hall–Kier alpha value is -0.580. The summed E-state index contributed by atoms with van der Waals surface area (Å²) in [6, 6.07) is 0. The van der Waals surface area contributed by atoms with Crippen LogP contribution in [0.3, 0.4) is 0 Å². The van der Waals surface area contributed by atoms with Crippen LogP contribution >= 0.6 is 0 Å². The number of hydrogen-bond donors (Lipinski definition) is 1. The smallest absolute Gasteiger partial charge is 0.324 e. The van der Waals surface area contributed by atoms with Crippen LogP contribution in [0.2, 0.25) is 0 Å². The highest BCUT2D eigenvalue weighted by Gasteiger charge is 2.48. The molecule has 1 N–H and O–H groups in total. The molecule has 0 unspecified atom stereocenters. The molecule has 0 rings (SSSR count). The van der Waals surface area contributed by atoms with Crippen molar-refractivity contribution >= 4 is 15.8 Å². The number of rotatable bonds is 2. The molecule has 78 valence electrons. The molecule has 0 bridgehead atoms. The minimum absolute atomic E-state index is 1.05. The molecule has 0 heterocycles. The lowest BCUT2D eigenvalue weighted by Crippen LogP contribution is -2.49. The molecule has 5 heteroatoms. The van der Waals surface area contributed by atoms with E-state index in [0.29, 0.717) is 0 Å². The lowest BCUT2D eigenvalue weighted by atomic mass is 10.2. The number of carboxylic acid groups (broad SMARTS) is 1. The van der Waals surface area contributed by atoms with Crippen LogP contribution < -0.4 is 0 Å². The molecule has 0 aromatic carbocycles. The zero-order valence-electron chi connectivity index (χ0n) is 8.58. The highest BCUT2D eigenvalue weighted by molar-refractivity contribution is 7.94. The summed E-state index contributed by atoms with van der Waals surface area (Å²) >= 11 is 0. The van der Waals surface area contributed by atoms with Crippen molar-refractivity contribution in [3.8, 4) is 0 Å². The number of sulfone groups is 1. The number of carbonyl (C=O) groups is 1. The molecule has 0 amide bonds. The van der Waals surface area contributed by atoms with Crippen LogP contribution in [0.5, 0.6) is 0 Å². The van der Waals surface area contributed by atoms with Gasteiger partial charge in [-0.3, -0.25) is 4.79 Å². The molecule has 0 aliphatic carbocycles. The van der Waals surface area contributed by atoms with Crippen molar-refractivity contribution in [1.29, 1.82) is 0 Å². The molecule has 0 saturated carbocycles. The largest absolute Gasteiger partial charge is 0.480 e. The molecule has 0 aromatic rings. The number of carboxylic acids is 1. The van der Waals surface area contributed by atoms with Crippen LogP contribution in [-0.2, 0) is 14.6 Å². The summed E-state index contributed by atoms with van der Waals surface area (Å²) in [6.07, 6.45) is 0. The normalized spacial score (nSPS) is 14.2. The first-order chi connectivity index (χ1) is 5.44. The van der Waals surface area contributed by atoms with Crippen LogP contribution in [0.25, 0.3) is 0 Å². The van der Waals surface area contributed by atoms with Crippen LogP contribution in [0, 0.1) is 0 Å². The van der Waals surface area contributed by atoms with E-state index < -0.39 is 25.3 Å². The van der Waals surface area contributed by atoms with Gasteiger partial charge in [0.05, 0.1) is 4.75 Å². The Morgan fingerprint density at radius 2 is 1.38 bits per heavy atom. The third-order valence-electron chi connectivity index (χ3n) is 1.99. The molecular weight excluding hydrogens is 192 g/mol. The number of aliphatic carboxylic acids is 1. The Balaban J connectivity index is 5.45. The first-order valence-electron chi connectivity index (χ1n) is 3.92. The van der Waals surface area contributed by atoms with Crippen LogP contribution in [-0.4, -0.2) is 29.0 Å². The molecule has 0 atom stereocenters. The maximum Gasteiger partial charge on any atom is 0.324 e. The van der Waals surface area contributed by atoms with Crippen molar-refractivity contribution in [1.82, 2.24) is 0 Å². The SMILES string of the molecule is CC(C)(C)S(=O)(=O)C(C)(C)C(=O)O. The standard InChI is InChI=1S/C8H16O4S/c1-7(2,3)13(11,12)8(4,5)6(9)10/h1-5H3,(H,9,10). The van der Waals surface area contributed by atoms with Crippen molar-refractivity contribution in [2.45, 2.75) is 44.1 Å². The van der Waals surface area contributed by atoms with Gasteiger partial charge in [-0.15, -0.1) is 0 Å². The maximum atomic E-state index is 11.7. The van der Waals surface area contributed by atoms with Crippen LogP contribution in [0.1, 0.15) is 34.6 Å². The van der Waals surface area contributed by atoms with Gasteiger partial charge in [0.1, 0.15) is 0 Å². The van der Waals surface area contributed by atoms with E-state index in [1.165, 1.54) is 34.6 Å². The topological polar surface area (TPSA) is 71.4 Å². The Morgan fingerprint density at radius 3 is 1.46 bits per heavy atom. The van der Waals surface area contributed by atoms with E-state index in [2.05, 4.69) is 0 Å². The predicted octanol–water partition coefficient (Wildman–Crippen LogP) is 1.06. The lowest BCUT2D eigenvalue weighted by molar-refractivity contribution is -0.139. The summed E-state index contributed by atoms with van der Waals surface area (Å²) in [4.78, 5) is 10.7. The van der Waals surface area contributed by atoms with Gasteiger partial charge in [0.15, 0.2) is 14.6 Å². The molecule has 0 aliphatic rings. The maximum absolute atomic E-state index is 11.7. The summed E-state index contributed by atoms with van der Waals surface area (Å²) in [5.74, 6) is -1.32. The highest BCUT2D eigenvalue weighted by Crippen LogP contribution is 2.28. The van der Waals surface area contributed by atoms with Gasteiger partial charge >= 0.3 is 5.97 Å². The van der Waals surface area contributed by atoms with E-state index in [9.17, 15) is 13.2 Å². The summed E-state index contributed by atoms with van der Waals surface area (Å²) in [5, 5.41) is 8.76. The molecule has 0 aromatic heterocycles. The molecular formula is C8H16O4S. The summed E-state index contributed by atoms with van der Waals surface area (Å²) in [5.41, 5.74) is 0. The van der Waals surface area contributed by atoms with E-state index >= 15 is 0 Å². The van der Waals surface area contributed by atoms with Crippen LogP contribution in [0.4, 0.5) is 0 Å². The Kier molecular flexibility index (Phi) is 2.84. The summed E-state index contributed by atoms with van der Waals surface area (Å²) in [6.45, 7) is 6.89. The molecule has 0 saturated heterocycles. The molecule has 0 radical (unpaired) electrons. The van der Waals surface area contributed by atoms with Gasteiger partial charge in [-0.1, -0.05) is 0 Å². The average molecular weight is 208 g/mol. The molecule has 0 fully saturated rings. The van der Waals surface area contributed by atoms with Gasteiger partial charge < -0.3 is 5.11 Å². The van der Waals surface area contributed by atoms with Gasteiger partial charge in [-0.05, 0) is 34.6 Å². The highest BCUT2D eigenvalue weighted by atomic mass is 32.2. The van der Waals surface area contributed by atoms with E-state index in [4.69, 9.17) is 5.11 Å². The fourth-order valence-corrected chi connectivity index (χ4v) is 2.64. The second-order valence-corrected chi connectivity index (χ2v) is 7.68. The van der Waals surface area contributed by atoms with Gasteiger partial charge in [0, 0.05) is 0 Å². The van der Waals surface area contributed by atoms with Gasteiger partial charge in [-0.25, -0.2) is 8.42 Å². The van der Waals surface area contributed by atoms with Gasteiger partial charge in [0.25, 0.3) is 0 Å². The van der Waals surface area contributed by atoms with Crippen molar-refractivity contribution in [3.63, 3.8) is 0 Å². The molecule has 4 nitrogen and oxygen atoms in total. The van der Waals surface area contributed by atoms with Gasteiger partial charge in [0.2, 0.25) is 0 Å². The third-order valence-corrected chi connectivity index (χ3v) is 5.12. The summed E-state index contributed by atoms with van der Waals surface area (Å²) < 4.78 is 20.7. The minimum Gasteiger partial charge on any atom is -0.480 e. The lowest BCUT2D eigenvalue weighted by Gasteiger charge is -2.29. The predicted molar refractivity (Wildman–Crippen MR) is 50.4 cm³/mol. The van der Waals surface area contributed by atoms with Gasteiger partial charge in [-0.2, -0.15) is 0 Å². The zero-order chi connectivity index (χ0) is 11.1. The zero-order valence-corrected chi connectivity index (χ0v) is 9.40. The molecule has 0 spiro atoms. The van der Waals surface area contributed by atoms with Crippen molar-refractivity contribution in [2.75, 3.05) is 0 Å². The number of hydrogen-bond acceptors (Lipinski definition) is 3. The van der Waals surface area contributed by atoms with E-state index in [1.807, 2.05) is 0 Å². The fourth-order valence-electron chi connectivity index (χ4n) is 0.880. The first-order valence-corrected chi connectivity index (χ1v) is 5.40. The average Bonchev–Trinajstić information content (AvgIpc) is 1.84. The summed E-state index contributed by atoms with van der Waals surface area (Å²) in [7, 11) is -3.67. The molecule has 13 heavy (non-hydrogen) atoms. The Labute approximate surface area is 78.9 Å².